The maximum Gasteiger partial charge on any atom is 0.307 e. The number of ether oxygens (including phenoxy) is 1. The molecule has 0 N–H and O–H groups in total. The fraction of sp³-hybridized carbons (Fsp3) is 0.462. The predicted molar refractivity (Wildman–Crippen MR) is 76.0 cm³/mol. The number of amides is 1. The molecule has 0 aliphatic carbocycles. The van der Waals surface area contributed by atoms with Gasteiger partial charge in [0.25, 0.3) is 5.91 Å². The van der Waals surface area contributed by atoms with Gasteiger partial charge in [0.15, 0.2) is 4.96 Å². The van der Waals surface area contributed by atoms with Gasteiger partial charge in [-0.1, -0.05) is 0 Å². The Bertz CT molecular complexity index is 632. The number of carbonyl (C=O) groups excluding carboxylic acids is 2. The van der Waals surface area contributed by atoms with Gasteiger partial charge in [-0.3, -0.25) is 14.0 Å². The summed E-state index contributed by atoms with van der Waals surface area (Å²) in [6.07, 6.45) is 1.92. The molecule has 2 aromatic heterocycles. The maximum absolute atomic E-state index is 12.2. The third kappa shape index (κ3) is 2.98. The lowest BCUT2D eigenvalue weighted by Gasteiger charge is -2.14. The SMILES string of the molecule is CCOC(=O)CCN(C)C(=O)c1cn2c(C)csc2n1. The molecule has 0 saturated heterocycles. The molecule has 6 nitrogen and oxygen atoms in total. The van der Waals surface area contributed by atoms with E-state index in [1.54, 1.807) is 20.2 Å². The van der Waals surface area contributed by atoms with Crippen molar-refractivity contribution in [2.45, 2.75) is 20.3 Å². The highest BCUT2D eigenvalue weighted by molar-refractivity contribution is 7.15. The standard InChI is InChI=1S/C13H17N3O3S/c1-4-19-11(17)5-6-15(3)12(18)10-7-16-9(2)8-20-13(16)14-10/h7-8H,4-6H2,1-3H3. The van der Waals surface area contributed by atoms with E-state index in [2.05, 4.69) is 4.98 Å². The lowest BCUT2D eigenvalue weighted by atomic mass is 10.3. The summed E-state index contributed by atoms with van der Waals surface area (Å²) in [5, 5.41) is 1.99. The van der Waals surface area contributed by atoms with Gasteiger partial charge in [-0.05, 0) is 13.8 Å². The Morgan fingerprint density at radius 2 is 2.25 bits per heavy atom. The molecule has 0 radical (unpaired) electrons. The molecule has 0 aromatic carbocycles. The predicted octanol–water partition coefficient (Wildman–Crippen LogP) is 1.73. The van der Waals surface area contributed by atoms with Gasteiger partial charge in [-0.25, -0.2) is 4.98 Å². The van der Waals surface area contributed by atoms with Crippen molar-refractivity contribution in [1.82, 2.24) is 14.3 Å². The van der Waals surface area contributed by atoms with E-state index in [-0.39, 0.29) is 18.3 Å². The van der Waals surface area contributed by atoms with Gasteiger partial charge in [0, 0.05) is 30.9 Å². The van der Waals surface area contributed by atoms with Crippen LogP contribution in [0.1, 0.15) is 29.5 Å². The highest BCUT2D eigenvalue weighted by Crippen LogP contribution is 2.16. The molecule has 0 aliphatic rings. The molecule has 2 aromatic rings. The zero-order chi connectivity index (χ0) is 14.7. The number of thiazole rings is 1. The summed E-state index contributed by atoms with van der Waals surface area (Å²) < 4.78 is 6.72. The van der Waals surface area contributed by atoms with Crippen molar-refractivity contribution in [2.75, 3.05) is 20.2 Å². The van der Waals surface area contributed by atoms with Crippen LogP contribution in [0, 0.1) is 6.92 Å². The van der Waals surface area contributed by atoms with Crippen LogP contribution in [-0.4, -0.2) is 46.4 Å². The molecule has 2 rings (SSSR count). The van der Waals surface area contributed by atoms with Gasteiger partial charge in [0.05, 0.1) is 13.0 Å². The third-order valence-electron chi connectivity index (χ3n) is 2.91. The van der Waals surface area contributed by atoms with Crippen LogP contribution >= 0.6 is 11.3 Å². The molecule has 1 amide bonds. The molecule has 0 atom stereocenters. The summed E-state index contributed by atoms with van der Waals surface area (Å²) in [7, 11) is 1.65. The van der Waals surface area contributed by atoms with Crippen molar-refractivity contribution in [3.05, 3.63) is 23.0 Å². The number of carbonyl (C=O) groups is 2. The number of aryl methyl sites for hydroxylation is 1. The van der Waals surface area contributed by atoms with Crippen molar-refractivity contribution in [2.24, 2.45) is 0 Å². The van der Waals surface area contributed by atoms with E-state index in [1.165, 1.54) is 16.2 Å². The summed E-state index contributed by atoms with van der Waals surface area (Å²) in [6.45, 7) is 4.39. The van der Waals surface area contributed by atoms with Crippen molar-refractivity contribution < 1.29 is 14.3 Å². The average molecular weight is 295 g/mol. The van der Waals surface area contributed by atoms with Gasteiger partial charge < -0.3 is 9.64 Å². The summed E-state index contributed by atoms with van der Waals surface area (Å²) in [4.78, 5) is 30.0. The quantitative estimate of drug-likeness (QED) is 0.788. The number of rotatable bonds is 5. The molecule has 7 heteroatoms. The second-order valence-corrected chi connectivity index (χ2v) is 5.27. The highest BCUT2D eigenvalue weighted by Gasteiger charge is 2.17. The molecule has 2 heterocycles. The van der Waals surface area contributed by atoms with Crippen LogP contribution in [-0.2, 0) is 9.53 Å². The Hall–Kier alpha value is -1.89. The fourth-order valence-corrected chi connectivity index (χ4v) is 2.64. The minimum Gasteiger partial charge on any atom is -0.466 e. The van der Waals surface area contributed by atoms with Crippen LogP contribution in [0.3, 0.4) is 0 Å². The van der Waals surface area contributed by atoms with Gasteiger partial charge in [-0.15, -0.1) is 11.3 Å². The minimum atomic E-state index is -0.297. The van der Waals surface area contributed by atoms with Crippen molar-refractivity contribution in [1.29, 1.82) is 0 Å². The van der Waals surface area contributed by atoms with Gasteiger partial charge >= 0.3 is 5.97 Å². The van der Waals surface area contributed by atoms with Crippen molar-refractivity contribution in [3.8, 4) is 0 Å². The molecule has 0 spiro atoms. The first kappa shape index (κ1) is 14.5. The molecular weight excluding hydrogens is 278 g/mol. The number of hydrogen-bond donors (Lipinski definition) is 0. The topological polar surface area (TPSA) is 63.9 Å². The van der Waals surface area contributed by atoms with Crippen LogP contribution in [0.15, 0.2) is 11.6 Å². The molecule has 0 bridgehead atoms. The summed E-state index contributed by atoms with van der Waals surface area (Å²) in [5.74, 6) is -0.488. The van der Waals surface area contributed by atoms with Crippen LogP contribution in [0.5, 0.6) is 0 Å². The molecule has 20 heavy (non-hydrogen) atoms. The zero-order valence-electron chi connectivity index (χ0n) is 11.8. The molecule has 0 aliphatic heterocycles. The smallest absolute Gasteiger partial charge is 0.307 e. The van der Waals surface area contributed by atoms with Crippen LogP contribution in [0.25, 0.3) is 4.96 Å². The lowest BCUT2D eigenvalue weighted by Crippen LogP contribution is -2.29. The number of esters is 1. The van der Waals surface area contributed by atoms with Gasteiger partial charge in [-0.2, -0.15) is 0 Å². The van der Waals surface area contributed by atoms with E-state index in [0.717, 1.165) is 10.7 Å². The average Bonchev–Trinajstić information content (AvgIpc) is 2.98. The molecule has 0 unspecified atom stereocenters. The van der Waals surface area contributed by atoms with E-state index in [1.807, 2.05) is 16.7 Å². The second kappa shape index (κ2) is 6.04. The van der Waals surface area contributed by atoms with E-state index in [0.29, 0.717) is 18.8 Å². The third-order valence-corrected chi connectivity index (χ3v) is 3.87. The number of fused-ring (bicyclic) bond motifs is 1. The lowest BCUT2D eigenvalue weighted by molar-refractivity contribution is -0.143. The molecule has 108 valence electrons. The normalized spacial score (nSPS) is 10.8. The van der Waals surface area contributed by atoms with Crippen molar-refractivity contribution in [3.63, 3.8) is 0 Å². The summed E-state index contributed by atoms with van der Waals surface area (Å²) in [6, 6.07) is 0. The van der Waals surface area contributed by atoms with Crippen molar-refractivity contribution >= 4 is 28.2 Å². The number of hydrogen-bond acceptors (Lipinski definition) is 5. The first-order valence-corrected chi connectivity index (χ1v) is 7.25. The van der Waals surface area contributed by atoms with Crippen LogP contribution < -0.4 is 0 Å². The Morgan fingerprint density at radius 3 is 2.90 bits per heavy atom. The first-order chi connectivity index (χ1) is 9.52. The van der Waals surface area contributed by atoms with Crippen LogP contribution in [0.2, 0.25) is 0 Å². The molecule has 0 fully saturated rings. The van der Waals surface area contributed by atoms with E-state index < -0.39 is 0 Å². The molecular formula is C13H17N3O3S. The van der Waals surface area contributed by atoms with E-state index in [9.17, 15) is 9.59 Å². The van der Waals surface area contributed by atoms with Gasteiger partial charge in [0.1, 0.15) is 5.69 Å². The number of nitrogens with zero attached hydrogens (tertiary/aromatic N) is 3. The highest BCUT2D eigenvalue weighted by atomic mass is 32.1. The first-order valence-electron chi connectivity index (χ1n) is 6.37. The number of imidazole rings is 1. The van der Waals surface area contributed by atoms with E-state index in [4.69, 9.17) is 4.74 Å². The Morgan fingerprint density at radius 1 is 1.50 bits per heavy atom. The maximum atomic E-state index is 12.2. The minimum absolute atomic E-state index is 0.190. The largest absolute Gasteiger partial charge is 0.466 e. The Balaban J connectivity index is 2.00. The number of aromatic nitrogens is 2. The second-order valence-electron chi connectivity index (χ2n) is 4.44. The summed E-state index contributed by atoms with van der Waals surface area (Å²) in [5.41, 5.74) is 1.44. The van der Waals surface area contributed by atoms with Gasteiger partial charge in [0.2, 0.25) is 0 Å². The zero-order valence-corrected chi connectivity index (χ0v) is 12.6. The summed E-state index contributed by atoms with van der Waals surface area (Å²) >= 11 is 1.50. The fourth-order valence-electron chi connectivity index (χ4n) is 1.79. The monoisotopic (exact) mass is 295 g/mol. The Labute approximate surface area is 121 Å². The molecule has 0 saturated carbocycles. The van der Waals surface area contributed by atoms with E-state index >= 15 is 0 Å². The Kier molecular flexibility index (Phi) is 4.39. The van der Waals surface area contributed by atoms with Crippen LogP contribution in [0.4, 0.5) is 0 Å².